The van der Waals surface area contributed by atoms with Gasteiger partial charge >= 0.3 is 6.18 Å². The predicted octanol–water partition coefficient (Wildman–Crippen LogP) is 3.88. The van der Waals surface area contributed by atoms with Crippen LogP contribution in [0.5, 0.6) is 0 Å². The van der Waals surface area contributed by atoms with Crippen LogP contribution in [0.15, 0.2) is 41.0 Å². The number of alkyl halides is 3. The largest absolute Gasteiger partial charge is 0.452 e. The molecule has 0 unspecified atom stereocenters. The highest BCUT2D eigenvalue weighted by atomic mass is 35.5. The Morgan fingerprint density at radius 3 is 2.65 bits per heavy atom. The Morgan fingerprint density at radius 2 is 2.05 bits per heavy atom. The van der Waals surface area contributed by atoms with Gasteiger partial charge in [0.15, 0.2) is 0 Å². The summed E-state index contributed by atoms with van der Waals surface area (Å²) < 4.78 is 42.3. The molecule has 0 atom stereocenters. The fourth-order valence-electron chi connectivity index (χ4n) is 1.59. The first-order chi connectivity index (χ1) is 9.38. The average molecular weight is 304 g/mol. The van der Waals surface area contributed by atoms with Crippen molar-refractivity contribution >= 4 is 17.5 Å². The molecule has 2 aromatic rings. The van der Waals surface area contributed by atoms with E-state index in [9.17, 15) is 18.0 Å². The number of rotatable bonds is 3. The van der Waals surface area contributed by atoms with Crippen LogP contribution in [0, 0.1) is 0 Å². The SMILES string of the molecule is O=C(NCc1cccc(C(F)(F)F)c1)c1ccoc1Cl. The molecule has 0 spiro atoms. The number of nitrogens with one attached hydrogen (secondary N) is 1. The van der Waals surface area contributed by atoms with Crippen LogP contribution in [0.25, 0.3) is 0 Å². The van der Waals surface area contributed by atoms with Crippen molar-refractivity contribution in [3.63, 3.8) is 0 Å². The summed E-state index contributed by atoms with van der Waals surface area (Å²) in [5.74, 6) is -0.513. The lowest BCUT2D eigenvalue weighted by molar-refractivity contribution is -0.137. The van der Waals surface area contributed by atoms with E-state index >= 15 is 0 Å². The number of carbonyl (C=O) groups is 1. The maximum atomic E-state index is 12.5. The van der Waals surface area contributed by atoms with Gasteiger partial charge in [-0.15, -0.1) is 0 Å². The van der Waals surface area contributed by atoms with Crippen molar-refractivity contribution in [1.29, 1.82) is 0 Å². The van der Waals surface area contributed by atoms with E-state index in [4.69, 9.17) is 16.0 Å². The number of benzene rings is 1. The highest BCUT2D eigenvalue weighted by Crippen LogP contribution is 2.29. The zero-order valence-corrected chi connectivity index (χ0v) is 10.8. The lowest BCUT2D eigenvalue weighted by atomic mass is 10.1. The van der Waals surface area contributed by atoms with E-state index in [1.54, 1.807) is 0 Å². The Labute approximate surface area is 117 Å². The summed E-state index contributed by atoms with van der Waals surface area (Å²) in [6.07, 6.45) is -3.16. The molecular formula is C13H9ClF3NO2. The maximum Gasteiger partial charge on any atom is 0.416 e. The van der Waals surface area contributed by atoms with E-state index < -0.39 is 17.6 Å². The number of carbonyl (C=O) groups excluding carboxylic acids is 1. The third kappa shape index (κ3) is 3.33. The zero-order chi connectivity index (χ0) is 14.8. The van der Waals surface area contributed by atoms with Crippen molar-refractivity contribution < 1.29 is 22.4 Å². The fraction of sp³-hybridized carbons (Fsp3) is 0.154. The van der Waals surface area contributed by atoms with Gasteiger partial charge in [0.1, 0.15) is 0 Å². The fourth-order valence-corrected chi connectivity index (χ4v) is 1.79. The van der Waals surface area contributed by atoms with Gasteiger partial charge in [0, 0.05) is 6.54 Å². The highest BCUT2D eigenvalue weighted by Gasteiger charge is 2.30. The molecule has 0 aliphatic carbocycles. The molecule has 0 bridgehead atoms. The van der Waals surface area contributed by atoms with Gasteiger partial charge in [0.25, 0.3) is 5.91 Å². The lowest BCUT2D eigenvalue weighted by Gasteiger charge is -2.09. The van der Waals surface area contributed by atoms with Crippen LogP contribution in [0.4, 0.5) is 13.2 Å². The minimum absolute atomic E-state index is 0.0374. The third-order valence-corrected chi connectivity index (χ3v) is 2.86. The van der Waals surface area contributed by atoms with Gasteiger partial charge < -0.3 is 9.73 Å². The molecule has 7 heteroatoms. The number of amides is 1. The van der Waals surface area contributed by atoms with E-state index in [1.165, 1.54) is 24.5 Å². The van der Waals surface area contributed by atoms with Gasteiger partial charge in [0.2, 0.25) is 5.22 Å². The monoisotopic (exact) mass is 303 g/mol. The standard InChI is InChI=1S/C13H9ClF3NO2/c14-11-10(4-5-20-11)12(19)18-7-8-2-1-3-9(6-8)13(15,16)17/h1-6H,7H2,(H,18,19). The average Bonchev–Trinajstić information content (AvgIpc) is 2.82. The summed E-state index contributed by atoms with van der Waals surface area (Å²) in [4.78, 5) is 11.7. The molecule has 0 aliphatic heterocycles. The Morgan fingerprint density at radius 1 is 1.30 bits per heavy atom. The van der Waals surface area contributed by atoms with Crippen LogP contribution in [-0.2, 0) is 12.7 Å². The van der Waals surface area contributed by atoms with Crippen LogP contribution in [0.2, 0.25) is 5.22 Å². The molecule has 0 saturated heterocycles. The number of hydrogen-bond donors (Lipinski definition) is 1. The molecule has 0 aliphatic rings. The van der Waals surface area contributed by atoms with Crippen LogP contribution < -0.4 is 5.32 Å². The predicted molar refractivity (Wildman–Crippen MR) is 66.3 cm³/mol. The number of hydrogen-bond acceptors (Lipinski definition) is 2. The van der Waals surface area contributed by atoms with Gasteiger partial charge in [-0.2, -0.15) is 13.2 Å². The summed E-state index contributed by atoms with van der Waals surface area (Å²) in [5, 5.41) is 2.41. The molecule has 20 heavy (non-hydrogen) atoms. The van der Waals surface area contributed by atoms with E-state index in [-0.39, 0.29) is 17.3 Å². The summed E-state index contributed by atoms with van der Waals surface area (Å²) in [7, 11) is 0. The van der Waals surface area contributed by atoms with Crippen molar-refractivity contribution in [1.82, 2.24) is 5.32 Å². The van der Waals surface area contributed by atoms with Gasteiger partial charge in [-0.3, -0.25) is 4.79 Å². The number of furan rings is 1. The minimum Gasteiger partial charge on any atom is -0.452 e. The Bertz CT molecular complexity index is 622. The van der Waals surface area contributed by atoms with Crippen LogP contribution in [0.1, 0.15) is 21.5 Å². The summed E-state index contributed by atoms with van der Waals surface area (Å²) >= 11 is 5.63. The summed E-state index contributed by atoms with van der Waals surface area (Å²) in [5.41, 5.74) is -0.281. The Kier molecular flexibility index (Phi) is 4.04. The molecule has 0 saturated carbocycles. The van der Waals surface area contributed by atoms with Crippen LogP contribution in [-0.4, -0.2) is 5.91 Å². The van der Waals surface area contributed by atoms with E-state index in [0.29, 0.717) is 5.56 Å². The molecule has 1 amide bonds. The normalized spacial score (nSPS) is 11.4. The molecule has 0 radical (unpaired) electrons. The maximum absolute atomic E-state index is 12.5. The molecule has 3 nitrogen and oxygen atoms in total. The molecule has 1 aromatic carbocycles. The summed E-state index contributed by atoms with van der Waals surface area (Å²) in [6.45, 7) is -0.0374. The van der Waals surface area contributed by atoms with Crippen LogP contribution in [0.3, 0.4) is 0 Å². The second-order valence-corrected chi connectivity index (χ2v) is 4.33. The second-order valence-electron chi connectivity index (χ2n) is 3.99. The van der Waals surface area contributed by atoms with E-state index in [0.717, 1.165) is 12.1 Å². The smallest absolute Gasteiger partial charge is 0.416 e. The first-order valence-electron chi connectivity index (χ1n) is 5.55. The molecule has 0 fully saturated rings. The van der Waals surface area contributed by atoms with Gasteiger partial charge in [-0.25, -0.2) is 0 Å². The Hall–Kier alpha value is -1.95. The van der Waals surface area contributed by atoms with Gasteiger partial charge in [-0.05, 0) is 35.4 Å². The van der Waals surface area contributed by atoms with Crippen molar-refractivity contribution in [3.8, 4) is 0 Å². The molecule has 1 heterocycles. The van der Waals surface area contributed by atoms with Crippen molar-refractivity contribution in [2.75, 3.05) is 0 Å². The van der Waals surface area contributed by atoms with Crippen LogP contribution >= 0.6 is 11.6 Å². The lowest BCUT2D eigenvalue weighted by Crippen LogP contribution is -2.22. The molecule has 106 valence electrons. The topological polar surface area (TPSA) is 42.2 Å². The molecular weight excluding hydrogens is 295 g/mol. The van der Waals surface area contributed by atoms with Crippen molar-refractivity contribution in [2.24, 2.45) is 0 Å². The zero-order valence-electron chi connectivity index (χ0n) is 10.00. The number of halogens is 4. The van der Waals surface area contributed by atoms with Crippen molar-refractivity contribution in [3.05, 3.63) is 58.5 Å². The highest BCUT2D eigenvalue weighted by molar-refractivity contribution is 6.32. The summed E-state index contributed by atoms with van der Waals surface area (Å²) in [6, 6.07) is 6.11. The third-order valence-electron chi connectivity index (χ3n) is 2.57. The molecule has 1 aromatic heterocycles. The first kappa shape index (κ1) is 14.5. The Balaban J connectivity index is 2.05. The van der Waals surface area contributed by atoms with E-state index in [2.05, 4.69) is 5.32 Å². The van der Waals surface area contributed by atoms with Gasteiger partial charge in [-0.1, -0.05) is 12.1 Å². The van der Waals surface area contributed by atoms with Gasteiger partial charge in [0.05, 0.1) is 17.4 Å². The first-order valence-corrected chi connectivity index (χ1v) is 5.93. The molecule has 2 rings (SSSR count). The second kappa shape index (κ2) is 5.58. The minimum atomic E-state index is -4.41. The van der Waals surface area contributed by atoms with E-state index in [1.807, 2.05) is 0 Å². The molecule has 1 N–H and O–H groups in total. The van der Waals surface area contributed by atoms with Crippen molar-refractivity contribution in [2.45, 2.75) is 12.7 Å². The quantitative estimate of drug-likeness (QED) is 0.935.